The molecule has 1 fully saturated rings. The standard InChI is InChI=1S/C13H18BrClN6/c1-2-4-17-8-3-5-20(7-8)13-10(15)11(16)21-12(19-13)9(14)6-18-21/h6,8,17H,2-5,7,16H2,1H3/t8-/m0/s1. The second kappa shape index (κ2) is 5.98. The molecule has 1 saturated heterocycles. The number of halogens is 2. The maximum absolute atomic E-state index is 6.39. The van der Waals surface area contributed by atoms with Gasteiger partial charge in [0.2, 0.25) is 0 Å². The van der Waals surface area contributed by atoms with Gasteiger partial charge in [-0.15, -0.1) is 0 Å². The van der Waals surface area contributed by atoms with Crippen LogP contribution >= 0.6 is 27.5 Å². The molecule has 0 radical (unpaired) electrons. The lowest BCUT2D eigenvalue weighted by atomic mass is 10.2. The maximum Gasteiger partial charge on any atom is 0.174 e. The van der Waals surface area contributed by atoms with Gasteiger partial charge >= 0.3 is 0 Å². The lowest BCUT2D eigenvalue weighted by molar-refractivity contribution is 0.549. The molecule has 0 aliphatic carbocycles. The van der Waals surface area contributed by atoms with Gasteiger partial charge in [0.1, 0.15) is 10.8 Å². The number of nitrogens with zero attached hydrogens (tertiary/aromatic N) is 4. The quantitative estimate of drug-likeness (QED) is 0.860. The lowest BCUT2D eigenvalue weighted by Gasteiger charge is -2.20. The summed E-state index contributed by atoms with van der Waals surface area (Å²) >= 11 is 9.83. The fraction of sp³-hybridized carbons (Fsp3) is 0.538. The van der Waals surface area contributed by atoms with Crippen LogP contribution in [0.1, 0.15) is 19.8 Å². The smallest absolute Gasteiger partial charge is 0.174 e. The summed E-state index contributed by atoms with van der Waals surface area (Å²) in [7, 11) is 0. The Balaban J connectivity index is 1.90. The minimum Gasteiger partial charge on any atom is -0.382 e. The Morgan fingerprint density at radius 3 is 3.14 bits per heavy atom. The van der Waals surface area contributed by atoms with E-state index in [-0.39, 0.29) is 0 Å². The van der Waals surface area contributed by atoms with Gasteiger partial charge in [0, 0.05) is 19.1 Å². The molecule has 114 valence electrons. The molecule has 3 rings (SSSR count). The van der Waals surface area contributed by atoms with Crippen molar-refractivity contribution >= 4 is 44.8 Å². The van der Waals surface area contributed by atoms with E-state index in [0.717, 1.165) is 42.8 Å². The van der Waals surface area contributed by atoms with Crippen LogP contribution in [0.2, 0.25) is 5.02 Å². The van der Waals surface area contributed by atoms with Crippen LogP contribution in [0.5, 0.6) is 0 Å². The number of nitrogens with one attached hydrogen (secondary N) is 1. The van der Waals surface area contributed by atoms with Crippen LogP contribution in [-0.2, 0) is 0 Å². The molecule has 0 unspecified atom stereocenters. The Bertz CT molecular complexity index is 658. The maximum atomic E-state index is 6.39. The number of anilines is 2. The van der Waals surface area contributed by atoms with Crippen molar-refractivity contribution in [2.24, 2.45) is 0 Å². The second-order valence-electron chi connectivity index (χ2n) is 5.25. The summed E-state index contributed by atoms with van der Waals surface area (Å²) in [5.74, 6) is 1.16. The number of rotatable bonds is 4. The van der Waals surface area contributed by atoms with Crippen molar-refractivity contribution in [3.63, 3.8) is 0 Å². The zero-order chi connectivity index (χ0) is 15.0. The fourth-order valence-electron chi connectivity index (χ4n) is 2.63. The predicted molar refractivity (Wildman–Crippen MR) is 89.0 cm³/mol. The molecule has 21 heavy (non-hydrogen) atoms. The number of fused-ring (bicyclic) bond motifs is 1. The van der Waals surface area contributed by atoms with Gasteiger partial charge < -0.3 is 16.0 Å². The van der Waals surface area contributed by atoms with E-state index in [0.29, 0.717) is 22.5 Å². The predicted octanol–water partition coefficient (Wildman–Crippen LogP) is 2.31. The van der Waals surface area contributed by atoms with E-state index < -0.39 is 0 Å². The van der Waals surface area contributed by atoms with Gasteiger partial charge in [-0.2, -0.15) is 9.61 Å². The molecule has 1 aliphatic heterocycles. The van der Waals surface area contributed by atoms with Crippen molar-refractivity contribution in [3.8, 4) is 0 Å². The molecule has 3 heterocycles. The molecular weight excluding hydrogens is 356 g/mol. The Morgan fingerprint density at radius 1 is 1.57 bits per heavy atom. The summed E-state index contributed by atoms with van der Waals surface area (Å²) in [5.41, 5.74) is 6.77. The molecular formula is C13H18BrClN6. The zero-order valence-electron chi connectivity index (χ0n) is 11.8. The summed E-state index contributed by atoms with van der Waals surface area (Å²) in [4.78, 5) is 6.82. The molecule has 3 N–H and O–H groups in total. The number of hydrogen-bond donors (Lipinski definition) is 2. The van der Waals surface area contributed by atoms with Crippen molar-refractivity contribution in [3.05, 3.63) is 15.7 Å². The summed E-state index contributed by atoms with van der Waals surface area (Å²) in [6, 6.07) is 0.480. The third kappa shape index (κ3) is 2.69. The second-order valence-corrected chi connectivity index (χ2v) is 6.48. The highest BCUT2D eigenvalue weighted by Crippen LogP contribution is 2.33. The lowest BCUT2D eigenvalue weighted by Crippen LogP contribution is -2.33. The van der Waals surface area contributed by atoms with Crippen LogP contribution in [0.15, 0.2) is 10.7 Å². The highest BCUT2D eigenvalue weighted by Gasteiger charge is 2.26. The number of nitrogens with two attached hydrogens (primary N) is 1. The minimum atomic E-state index is 0.423. The topological polar surface area (TPSA) is 71.5 Å². The molecule has 0 aromatic carbocycles. The molecule has 6 nitrogen and oxygen atoms in total. The van der Waals surface area contributed by atoms with Gasteiger partial charge in [0.05, 0.1) is 10.7 Å². The molecule has 8 heteroatoms. The first-order chi connectivity index (χ1) is 10.1. The normalized spacial score (nSPS) is 18.8. The van der Waals surface area contributed by atoms with Crippen LogP contribution < -0.4 is 16.0 Å². The van der Waals surface area contributed by atoms with Crippen LogP contribution in [0, 0.1) is 0 Å². The first-order valence-corrected chi connectivity index (χ1v) is 8.25. The van der Waals surface area contributed by atoms with E-state index in [1.165, 1.54) is 0 Å². The van der Waals surface area contributed by atoms with Crippen molar-refractivity contribution in [1.29, 1.82) is 0 Å². The van der Waals surface area contributed by atoms with Crippen molar-refractivity contribution in [1.82, 2.24) is 19.9 Å². The van der Waals surface area contributed by atoms with Gasteiger partial charge in [-0.3, -0.25) is 0 Å². The van der Waals surface area contributed by atoms with E-state index >= 15 is 0 Å². The van der Waals surface area contributed by atoms with Crippen molar-refractivity contribution in [2.75, 3.05) is 30.3 Å². The van der Waals surface area contributed by atoms with Crippen molar-refractivity contribution in [2.45, 2.75) is 25.8 Å². The van der Waals surface area contributed by atoms with E-state index in [2.05, 4.69) is 43.2 Å². The summed E-state index contributed by atoms with van der Waals surface area (Å²) in [6.45, 7) is 5.03. The van der Waals surface area contributed by atoms with Crippen LogP contribution in [0.4, 0.5) is 11.6 Å². The largest absolute Gasteiger partial charge is 0.382 e. The molecule has 0 saturated carbocycles. The molecule has 1 atom stereocenters. The molecule has 0 amide bonds. The number of nitrogen functional groups attached to an aromatic ring is 1. The molecule has 0 spiro atoms. The first kappa shape index (κ1) is 14.9. The van der Waals surface area contributed by atoms with Crippen LogP contribution in [-0.4, -0.2) is 40.3 Å². The Kier molecular flexibility index (Phi) is 4.24. The fourth-order valence-corrected chi connectivity index (χ4v) is 3.22. The Hall–Kier alpha value is -1.05. The Labute approximate surface area is 136 Å². The van der Waals surface area contributed by atoms with Gasteiger partial charge in [-0.1, -0.05) is 18.5 Å². The SMILES string of the molecule is CCCN[C@H]1CCN(c2nc3c(Br)cnn3c(N)c2Cl)C1. The third-order valence-electron chi connectivity index (χ3n) is 3.73. The summed E-state index contributed by atoms with van der Waals surface area (Å²) < 4.78 is 2.37. The highest BCUT2D eigenvalue weighted by molar-refractivity contribution is 9.10. The average Bonchev–Trinajstić information content (AvgIpc) is 3.08. The van der Waals surface area contributed by atoms with Gasteiger partial charge in [-0.25, -0.2) is 4.98 Å². The van der Waals surface area contributed by atoms with Crippen LogP contribution in [0.25, 0.3) is 5.65 Å². The first-order valence-electron chi connectivity index (χ1n) is 7.08. The third-order valence-corrected chi connectivity index (χ3v) is 4.65. The summed E-state index contributed by atoms with van der Waals surface area (Å²) in [6.07, 6.45) is 3.90. The van der Waals surface area contributed by atoms with E-state index in [9.17, 15) is 0 Å². The molecule has 2 aromatic heterocycles. The molecule has 2 aromatic rings. The number of hydrogen-bond acceptors (Lipinski definition) is 5. The van der Waals surface area contributed by atoms with E-state index in [1.807, 2.05) is 0 Å². The summed E-state index contributed by atoms with van der Waals surface area (Å²) in [5, 5.41) is 8.17. The van der Waals surface area contributed by atoms with Gasteiger partial charge in [0.15, 0.2) is 11.5 Å². The van der Waals surface area contributed by atoms with Crippen molar-refractivity contribution < 1.29 is 0 Å². The van der Waals surface area contributed by atoms with E-state index in [4.69, 9.17) is 17.3 Å². The average molecular weight is 374 g/mol. The minimum absolute atomic E-state index is 0.423. The number of aromatic nitrogens is 3. The van der Waals surface area contributed by atoms with Gasteiger partial charge in [0.25, 0.3) is 0 Å². The Morgan fingerprint density at radius 2 is 2.38 bits per heavy atom. The van der Waals surface area contributed by atoms with E-state index in [1.54, 1.807) is 10.7 Å². The zero-order valence-corrected chi connectivity index (χ0v) is 14.2. The molecule has 1 aliphatic rings. The molecule has 0 bridgehead atoms. The van der Waals surface area contributed by atoms with Crippen LogP contribution in [0.3, 0.4) is 0 Å². The monoisotopic (exact) mass is 372 g/mol. The van der Waals surface area contributed by atoms with Gasteiger partial charge in [-0.05, 0) is 35.3 Å². The highest BCUT2D eigenvalue weighted by atomic mass is 79.9.